The molecule has 44 heavy (non-hydrogen) atoms. The molecular formula is C38H40N4O2. The summed E-state index contributed by atoms with van der Waals surface area (Å²) in [4.78, 5) is 25.5. The smallest absolute Gasteiger partial charge is 0.241 e. The van der Waals surface area contributed by atoms with Crippen LogP contribution in [0.3, 0.4) is 0 Å². The summed E-state index contributed by atoms with van der Waals surface area (Å²) in [6, 6.07) is 30.2. The van der Waals surface area contributed by atoms with E-state index in [9.17, 15) is 9.59 Å². The Bertz CT molecular complexity index is 1560. The van der Waals surface area contributed by atoms with Crippen molar-refractivity contribution in [3.05, 3.63) is 107 Å². The van der Waals surface area contributed by atoms with Gasteiger partial charge in [-0.1, -0.05) is 60.7 Å². The van der Waals surface area contributed by atoms with Gasteiger partial charge in [-0.2, -0.15) is 0 Å². The Balaban J connectivity index is 1.13. The highest BCUT2D eigenvalue weighted by Gasteiger charge is 2.23. The molecule has 0 spiro atoms. The number of rotatable bonds is 6. The van der Waals surface area contributed by atoms with Gasteiger partial charge in [-0.25, -0.2) is 0 Å². The molecule has 10 rings (SSSR count). The van der Waals surface area contributed by atoms with E-state index in [1.165, 1.54) is 33.4 Å². The molecule has 0 saturated carbocycles. The van der Waals surface area contributed by atoms with Gasteiger partial charge in [-0.15, -0.1) is 0 Å². The molecule has 4 bridgehead atoms. The van der Waals surface area contributed by atoms with Crippen LogP contribution in [-0.2, 0) is 35.3 Å². The van der Waals surface area contributed by atoms with Crippen molar-refractivity contribution in [3.63, 3.8) is 0 Å². The molecule has 4 aromatic rings. The number of carbonyl (C=O) groups excluding carboxylic acids is 2. The number of nitrogens with one attached hydrogen (secondary N) is 4. The standard InChI is InChI=1S/C38H40N4O2/c43-37(35-9-3-19-39-35)41-31-7-1-5-29(23-31)33-21-25-11-15-27(33)17-13-26-12-16-28(18-14-25)34(22-26)30-6-2-8-32(24-30)42-38(44)36-10-4-20-40-36/h1-2,5-8,11-12,15-16,21-24,35-36,39-40H,3-4,9-10,13-14,17-20H2,(H,41,43)(H,42,44)/t35-,36-/m0/s1. The number of amides is 2. The molecule has 2 saturated heterocycles. The van der Waals surface area contributed by atoms with Crippen LogP contribution in [0.1, 0.15) is 47.9 Å². The zero-order valence-electron chi connectivity index (χ0n) is 25.1. The van der Waals surface area contributed by atoms with Gasteiger partial charge < -0.3 is 21.3 Å². The maximum atomic E-state index is 12.8. The van der Waals surface area contributed by atoms with Gasteiger partial charge in [0.25, 0.3) is 0 Å². The van der Waals surface area contributed by atoms with Crippen LogP contribution >= 0.6 is 0 Å². The maximum Gasteiger partial charge on any atom is 0.241 e. The van der Waals surface area contributed by atoms with E-state index in [0.29, 0.717) is 0 Å². The summed E-state index contributed by atoms with van der Waals surface area (Å²) < 4.78 is 0. The van der Waals surface area contributed by atoms with E-state index in [0.717, 1.165) is 87.0 Å². The highest BCUT2D eigenvalue weighted by atomic mass is 16.2. The average molecular weight is 585 g/mol. The summed E-state index contributed by atoms with van der Waals surface area (Å²) in [6.45, 7) is 1.81. The van der Waals surface area contributed by atoms with Crippen molar-refractivity contribution in [3.8, 4) is 22.3 Å². The SMILES string of the molecule is O=C(Nc1cccc(-c2cc3ccc2CCc2ccc(c(-c4cccc(NC(=O)[C@@H]5CCCN5)c4)c2)CC3)c1)[C@@H]1CCCN1. The molecule has 2 atom stereocenters. The number of benzene rings is 4. The molecule has 0 unspecified atom stereocenters. The summed E-state index contributed by atoms with van der Waals surface area (Å²) in [5.41, 5.74) is 11.7. The van der Waals surface area contributed by atoms with Crippen molar-refractivity contribution in [2.45, 2.75) is 63.5 Å². The van der Waals surface area contributed by atoms with E-state index >= 15 is 0 Å². The Hall–Kier alpha value is -4.26. The number of hydrogen-bond acceptors (Lipinski definition) is 4. The third kappa shape index (κ3) is 6.33. The van der Waals surface area contributed by atoms with E-state index in [2.05, 4.69) is 81.9 Å². The Morgan fingerprint density at radius 2 is 1.05 bits per heavy atom. The molecule has 0 aromatic heterocycles. The van der Waals surface area contributed by atoms with Gasteiger partial charge in [0.15, 0.2) is 0 Å². The van der Waals surface area contributed by atoms with Crippen molar-refractivity contribution in [1.29, 1.82) is 0 Å². The van der Waals surface area contributed by atoms with Crippen molar-refractivity contribution < 1.29 is 9.59 Å². The van der Waals surface area contributed by atoms with Gasteiger partial charge in [0, 0.05) is 11.4 Å². The number of carbonyl (C=O) groups is 2. The summed E-state index contributed by atoms with van der Waals surface area (Å²) >= 11 is 0. The Labute approximate surface area is 259 Å². The molecule has 6 aliphatic rings. The van der Waals surface area contributed by atoms with Gasteiger partial charge >= 0.3 is 0 Å². The first-order chi connectivity index (χ1) is 21.6. The fraction of sp³-hybridized carbons (Fsp3) is 0.316. The average Bonchev–Trinajstić information content (AvgIpc) is 3.78. The van der Waals surface area contributed by atoms with Gasteiger partial charge in [0.05, 0.1) is 12.1 Å². The Morgan fingerprint density at radius 3 is 1.48 bits per heavy atom. The second-order valence-electron chi connectivity index (χ2n) is 12.4. The number of aryl methyl sites for hydroxylation is 4. The van der Waals surface area contributed by atoms with E-state index in [1.807, 2.05) is 24.3 Å². The number of hydrogen-bond donors (Lipinski definition) is 4. The highest BCUT2D eigenvalue weighted by Crippen LogP contribution is 2.33. The molecule has 6 nitrogen and oxygen atoms in total. The monoisotopic (exact) mass is 584 g/mol. The normalized spacial score (nSPS) is 19.4. The van der Waals surface area contributed by atoms with Crippen LogP contribution in [0.2, 0.25) is 0 Å². The van der Waals surface area contributed by atoms with Crippen molar-refractivity contribution >= 4 is 23.2 Å². The molecule has 4 aromatic carbocycles. The summed E-state index contributed by atoms with van der Waals surface area (Å²) in [5, 5.41) is 12.8. The molecule has 6 heteroatoms. The Morgan fingerprint density at radius 1 is 0.568 bits per heavy atom. The van der Waals surface area contributed by atoms with Crippen LogP contribution in [0.25, 0.3) is 22.3 Å². The van der Waals surface area contributed by atoms with Crippen LogP contribution in [0, 0.1) is 0 Å². The lowest BCUT2D eigenvalue weighted by atomic mass is 9.87. The van der Waals surface area contributed by atoms with Crippen LogP contribution in [0.4, 0.5) is 11.4 Å². The van der Waals surface area contributed by atoms with Crippen LogP contribution in [0.15, 0.2) is 84.9 Å². The molecule has 2 aliphatic heterocycles. The zero-order valence-corrected chi connectivity index (χ0v) is 25.1. The molecule has 2 amide bonds. The third-order valence-corrected chi connectivity index (χ3v) is 9.35. The molecule has 224 valence electrons. The van der Waals surface area contributed by atoms with Gasteiger partial charge in [-0.05, 0) is 133 Å². The van der Waals surface area contributed by atoms with Crippen molar-refractivity contribution in [2.75, 3.05) is 23.7 Å². The lowest BCUT2D eigenvalue weighted by Crippen LogP contribution is -2.35. The quantitative estimate of drug-likeness (QED) is 0.215. The van der Waals surface area contributed by atoms with Gasteiger partial charge in [0.1, 0.15) is 0 Å². The molecule has 4 aliphatic carbocycles. The molecule has 2 fully saturated rings. The van der Waals surface area contributed by atoms with E-state index in [1.54, 1.807) is 0 Å². The summed E-state index contributed by atoms with van der Waals surface area (Å²) in [6.07, 6.45) is 7.55. The first-order valence-electron chi connectivity index (χ1n) is 16.1. The molecule has 2 heterocycles. The lowest BCUT2D eigenvalue weighted by molar-refractivity contribution is -0.118. The third-order valence-electron chi connectivity index (χ3n) is 9.35. The minimum absolute atomic E-state index is 0.0494. The minimum Gasteiger partial charge on any atom is -0.325 e. The molecule has 4 N–H and O–H groups in total. The van der Waals surface area contributed by atoms with E-state index in [4.69, 9.17) is 0 Å². The first kappa shape index (κ1) is 28.5. The highest BCUT2D eigenvalue weighted by molar-refractivity contribution is 5.96. The molecule has 0 radical (unpaired) electrons. The van der Waals surface area contributed by atoms with Crippen molar-refractivity contribution in [2.24, 2.45) is 0 Å². The second-order valence-corrected chi connectivity index (χ2v) is 12.4. The first-order valence-corrected chi connectivity index (χ1v) is 16.1. The summed E-state index contributed by atoms with van der Waals surface area (Å²) in [7, 11) is 0. The predicted octanol–water partition coefficient (Wildman–Crippen LogP) is 6.29. The van der Waals surface area contributed by atoms with E-state index in [-0.39, 0.29) is 23.9 Å². The predicted molar refractivity (Wildman–Crippen MR) is 178 cm³/mol. The Kier molecular flexibility index (Phi) is 8.27. The summed E-state index contributed by atoms with van der Waals surface area (Å²) in [5.74, 6) is 0.0988. The van der Waals surface area contributed by atoms with Gasteiger partial charge in [-0.3, -0.25) is 9.59 Å². The number of anilines is 2. The topological polar surface area (TPSA) is 82.3 Å². The minimum atomic E-state index is -0.102. The largest absolute Gasteiger partial charge is 0.325 e. The lowest BCUT2D eigenvalue weighted by Gasteiger charge is -2.18. The fourth-order valence-corrected chi connectivity index (χ4v) is 6.89. The van der Waals surface area contributed by atoms with E-state index < -0.39 is 0 Å². The zero-order chi connectivity index (χ0) is 29.9. The van der Waals surface area contributed by atoms with Crippen LogP contribution in [-0.4, -0.2) is 37.0 Å². The second kappa shape index (κ2) is 12.8. The maximum absolute atomic E-state index is 12.8. The van der Waals surface area contributed by atoms with Crippen molar-refractivity contribution in [1.82, 2.24) is 10.6 Å². The van der Waals surface area contributed by atoms with Crippen LogP contribution < -0.4 is 21.3 Å². The fourth-order valence-electron chi connectivity index (χ4n) is 6.89. The van der Waals surface area contributed by atoms with Crippen LogP contribution in [0.5, 0.6) is 0 Å². The molecular weight excluding hydrogens is 544 g/mol. The van der Waals surface area contributed by atoms with Gasteiger partial charge in [0.2, 0.25) is 11.8 Å².